The molecule has 0 aliphatic carbocycles. The summed E-state index contributed by atoms with van der Waals surface area (Å²) in [5.41, 5.74) is 5.62. The molecule has 1 unspecified atom stereocenters. The summed E-state index contributed by atoms with van der Waals surface area (Å²) < 4.78 is 11.1. The molecular formula is C11H23NO2. The molecule has 2 N–H and O–H groups in total. The lowest BCUT2D eigenvalue weighted by atomic mass is 10.0. The van der Waals surface area contributed by atoms with Crippen molar-refractivity contribution < 1.29 is 9.47 Å². The van der Waals surface area contributed by atoms with Gasteiger partial charge in [0.05, 0.1) is 6.10 Å². The predicted molar refractivity (Wildman–Crippen MR) is 57.2 cm³/mol. The lowest BCUT2D eigenvalue weighted by Gasteiger charge is -2.24. The molecule has 1 heterocycles. The molecule has 0 saturated carbocycles. The minimum Gasteiger partial charge on any atom is -0.381 e. The van der Waals surface area contributed by atoms with Crippen LogP contribution in [0.15, 0.2) is 0 Å². The lowest BCUT2D eigenvalue weighted by Crippen LogP contribution is -2.28. The summed E-state index contributed by atoms with van der Waals surface area (Å²) >= 11 is 0. The van der Waals surface area contributed by atoms with Gasteiger partial charge in [-0.05, 0) is 25.2 Å². The number of hydrogen-bond acceptors (Lipinski definition) is 3. The standard InChI is InChI=1S/C11H23NO2/c1-2-3-11(8-12)14-9-10-4-6-13-7-5-10/h10-11H,2-9,12H2,1H3. The van der Waals surface area contributed by atoms with Crippen LogP contribution in [0, 0.1) is 5.92 Å². The van der Waals surface area contributed by atoms with Gasteiger partial charge in [0.1, 0.15) is 0 Å². The molecule has 0 spiro atoms. The Labute approximate surface area is 86.9 Å². The third kappa shape index (κ3) is 4.40. The minimum absolute atomic E-state index is 0.267. The molecule has 0 aromatic heterocycles. The van der Waals surface area contributed by atoms with E-state index in [-0.39, 0.29) is 6.10 Å². The van der Waals surface area contributed by atoms with E-state index in [9.17, 15) is 0 Å². The minimum atomic E-state index is 0.267. The van der Waals surface area contributed by atoms with Gasteiger partial charge in [0.25, 0.3) is 0 Å². The van der Waals surface area contributed by atoms with Gasteiger partial charge in [0.2, 0.25) is 0 Å². The molecule has 0 amide bonds. The molecule has 1 fully saturated rings. The Bertz CT molecular complexity index is 130. The maximum Gasteiger partial charge on any atom is 0.0697 e. The largest absolute Gasteiger partial charge is 0.381 e. The molecule has 0 radical (unpaired) electrons. The van der Waals surface area contributed by atoms with Crippen molar-refractivity contribution >= 4 is 0 Å². The van der Waals surface area contributed by atoms with Crippen LogP contribution >= 0.6 is 0 Å². The molecular weight excluding hydrogens is 178 g/mol. The Morgan fingerprint density at radius 1 is 1.43 bits per heavy atom. The van der Waals surface area contributed by atoms with Gasteiger partial charge in [0, 0.05) is 26.4 Å². The van der Waals surface area contributed by atoms with Crippen molar-refractivity contribution in [2.24, 2.45) is 11.7 Å². The van der Waals surface area contributed by atoms with Crippen molar-refractivity contribution in [2.75, 3.05) is 26.4 Å². The highest BCUT2D eigenvalue weighted by Crippen LogP contribution is 2.16. The van der Waals surface area contributed by atoms with E-state index < -0.39 is 0 Å². The Hall–Kier alpha value is -0.120. The van der Waals surface area contributed by atoms with Gasteiger partial charge in [-0.3, -0.25) is 0 Å². The fraction of sp³-hybridized carbons (Fsp3) is 1.00. The summed E-state index contributed by atoms with van der Waals surface area (Å²) in [5.74, 6) is 0.689. The molecule has 0 bridgehead atoms. The second-order valence-electron chi connectivity index (χ2n) is 4.04. The maximum absolute atomic E-state index is 5.79. The average molecular weight is 201 g/mol. The second kappa shape index (κ2) is 7.21. The first-order valence-corrected chi connectivity index (χ1v) is 5.76. The highest BCUT2D eigenvalue weighted by Gasteiger charge is 2.15. The van der Waals surface area contributed by atoms with Crippen LogP contribution in [-0.2, 0) is 9.47 Å². The Kier molecular flexibility index (Phi) is 6.15. The summed E-state index contributed by atoms with van der Waals surface area (Å²) in [7, 11) is 0. The summed E-state index contributed by atoms with van der Waals surface area (Å²) in [6.45, 7) is 5.48. The molecule has 1 atom stereocenters. The van der Waals surface area contributed by atoms with Gasteiger partial charge in [-0.15, -0.1) is 0 Å². The molecule has 0 aromatic rings. The fourth-order valence-electron chi connectivity index (χ4n) is 1.78. The first-order valence-electron chi connectivity index (χ1n) is 5.76. The first kappa shape index (κ1) is 12.0. The van der Waals surface area contributed by atoms with Crippen molar-refractivity contribution in [1.82, 2.24) is 0 Å². The number of hydrogen-bond donors (Lipinski definition) is 1. The van der Waals surface area contributed by atoms with E-state index in [1.54, 1.807) is 0 Å². The van der Waals surface area contributed by atoms with Crippen LogP contribution in [0.2, 0.25) is 0 Å². The van der Waals surface area contributed by atoms with Gasteiger partial charge in [-0.25, -0.2) is 0 Å². The summed E-state index contributed by atoms with van der Waals surface area (Å²) in [4.78, 5) is 0. The van der Waals surface area contributed by atoms with Crippen molar-refractivity contribution in [3.8, 4) is 0 Å². The molecule has 14 heavy (non-hydrogen) atoms. The van der Waals surface area contributed by atoms with E-state index in [0.29, 0.717) is 12.5 Å². The van der Waals surface area contributed by atoms with Crippen LogP contribution in [0.4, 0.5) is 0 Å². The van der Waals surface area contributed by atoms with E-state index in [1.165, 1.54) is 0 Å². The molecule has 84 valence electrons. The zero-order chi connectivity index (χ0) is 10.2. The van der Waals surface area contributed by atoms with Crippen LogP contribution < -0.4 is 5.73 Å². The number of rotatable bonds is 6. The molecule has 1 aliphatic heterocycles. The van der Waals surface area contributed by atoms with Crippen LogP contribution in [-0.4, -0.2) is 32.5 Å². The molecule has 1 aliphatic rings. The summed E-state index contributed by atoms with van der Waals surface area (Å²) in [6.07, 6.45) is 4.78. The topological polar surface area (TPSA) is 44.5 Å². The zero-order valence-electron chi connectivity index (χ0n) is 9.21. The van der Waals surface area contributed by atoms with Gasteiger partial charge in [-0.2, -0.15) is 0 Å². The monoisotopic (exact) mass is 201 g/mol. The zero-order valence-corrected chi connectivity index (χ0v) is 9.21. The van der Waals surface area contributed by atoms with Crippen molar-refractivity contribution in [3.63, 3.8) is 0 Å². The molecule has 1 rings (SSSR count). The lowest BCUT2D eigenvalue weighted by molar-refractivity contribution is -0.0105. The summed E-state index contributed by atoms with van der Waals surface area (Å²) in [6, 6.07) is 0. The van der Waals surface area contributed by atoms with Crippen LogP contribution in [0.5, 0.6) is 0 Å². The smallest absolute Gasteiger partial charge is 0.0697 e. The number of ether oxygens (including phenoxy) is 2. The van der Waals surface area contributed by atoms with E-state index in [2.05, 4.69) is 6.92 Å². The molecule has 1 saturated heterocycles. The Balaban J connectivity index is 2.10. The van der Waals surface area contributed by atoms with Gasteiger partial charge in [-0.1, -0.05) is 13.3 Å². The van der Waals surface area contributed by atoms with E-state index in [4.69, 9.17) is 15.2 Å². The number of nitrogens with two attached hydrogens (primary N) is 1. The normalized spacial score (nSPS) is 21.0. The Morgan fingerprint density at radius 3 is 2.71 bits per heavy atom. The van der Waals surface area contributed by atoms with Crippen molar-refractivity contribution in [1.29, 1.82) is 0 Å². The highest BCUT2D eigenvalue weighted by atomic mass is 16.5. The Morgan fingerprint density at radius 2 is 2.14 bits per heavy atom. The van der Waals surface area contributed by atoms with Crippen LogP contribution in [0.25, 0.3) is 0 Å². The van der Waals surface area contributed by atoms with Gasteiger partial charge < -0.3 is 15.2 Å². The van der Waals surface area contributed by atoms with Crippen LogP contribution in [0.1, 0.15) is 32.6 Å². The van der Waals surface area contributed by atoms with Crippen molar-refractivity contribution in [2.45, 2.75) is 38.7 Å². The van der Waals surface area contributed by atoms with Crippen LogP contribution in [0.3, 0.4) is 0 Å². The van der Waals surface area contributed by atoms with E-state index in [0.717, 1.165) is 45.5 Å². The quantitative estimate of drug-likeness (QED) is 0.709. The van der Waals surface area contributed by atoms with E-state index >= 15 is 0 Å². The van der Waals surface area contributed by atoms with E-state index in [1.807, 2.05) is 0 Å². The predicted octanol–water partition coefficient (Wildman–Crippen LogP) is 1.56. The average Bonchev–Trinajstić information content (AvgIpc) is 2.25. The SMILES string of the molecule is CCCC(CN)OCC1CCOCC1. The molecule has 0 aromatic carbocycles. The molecule has 3 heteroatoms. The van der Waals surface area contributed by atoms with Gasteiger partial charge >= 0.3 is 0 Å². The first-order chi connectivity index (χ1) is 6.86. The van der Waals surface area contributed by atoms with Crippen molar-refractivity contribution in [3.05, 3.63) is 0 Å². The highest BCUT2D eigenvalue weighted by molar-refractivity contribution is 4.65. The maximum atomic E-state index is 5.79. The third-order valence-electron chi connectivity index (χ3n) is 2.78. The fourth-order valence-corrected chi connectivity index (χ4v) is 1.78. The van der Waals surface area contributed by atoms with Gasteiger partial charge in [0.15, 0.2) is 0 Å². The molecule has 3 nitrogen and oxygen atoms in total. The second-order valence-corrected chi connectivity index (χ2v) is 4.04. The summed E-state index contributed by atoms with van der Waals surface area (Å²) in [5, 5.41) is 0. The third-order valence-corrected chi connectivity index (χ3v) is 2.78.